The molecule has 7 nitrogen and oxygen atoms in total. The number of rotatable bonds is 7. The van der Waals surface area contributed by atoms with Crippen molar-refractivity contribution >= 4 is 21.8 Å². The van der Waals surface area contributed by atoms with Gasteiger partial charge < -0.3 is 10.4 Å². The van der Waals surface area contributed by atoms with Gasteiger partial charge in [0.2, 0.25) is 10.0 Å². The number of hydrogen-bond acceptors (Lipinski definition) is 5. The van der Waals surface area contributed by atoms with E-state index in [1.54, 1.807) is 38.1 Å². The fourth-order valence-corrected chi connectivity index (χ4v) is 3.34. The minimum absolute atomic E-state index is 0.105. The van der Waals surface area contributed by atoms with E-state index >= 15 is 0 Å². The highest BCUT2D eigenvalue weighted by Crippen LogP contribution is 2.14. The zero-order valence-corrected chi connectivity index (χ0v) is 14.2. The molecule has 1 heterocycles. The molecule has 1 aromatic heterocycles. The standard InChI is InChI=1S/C16H19N3O4S/c1-11(2)19-24(22,23)14-5-3-4-12(8-14)9-17-15-7-6-13(10-18-15)16(20)21/h3-8,10-11,19H,9H2,1-2H3,(H,17,18)(H,20,21). The van der Waals surface area contributed by atoms with Crippen LogP contribution < -0.4 is 10.0 Å². The average molecular weight is 349 g/mol. The smallest absolute Gasteiger partial charge is 0.337 e. The molecule has 2 rings (SSSR count). The topological polar surface area (TPSA) is 108 Å². The number of carbonyl (C=O) groups is 1. The van der Waals surface area contributed by atoms with E-state index in [0.717, 1.165) is 5.56 Å². The van der Waals surface area contributed by atoms with E-state index in [9.17, 15) is 13.2 Å². The Morgan fingerprint density at radius 3 is 2.58 bits per heavy atom. The summed E-state index contributed by atoms with van der Waals surface area (Å²) in [6.45, 7) is 3.88. The van der Waals surface area contributed by atoms with Gasteiger partial charge in [-0.1, -0.05) is 12.1 Å². The molecule has 2 aromatic rings. The van der Waals surface area contributed by atoms with Gasteiger partial charge in [-0.25, -0.2) is 22.9 Å². The number of hydrogen-bond donors (Lipinski definition) is 3. The molecule has 0 unspecified atom stereocenters. The molecule has 24 heavy (non-hydrogen) atoms. The number of benzene rings is 1. The van der Waals surface area contributed by atoms with E-state index in [2.05, 4.69) is 15.0 Å². The predicted octanol–water partition coefficient (Wildman–Crippen LogP) is 2.08. The molecule has 0 saturated heterocycles. The number of sulfonamides is 1. The lowest BCUT2D eigenvalue weighted by molar-refractivity contribution is 0.0696. The van der Waals surface area contributed by atoms with Gasteiger partial charge >= 0.3 is 5.97 Å². The van der Waals surface area contributed by atoms with E-state index in [-0.39, 0.29) is 16.5 Å². The Balaban J connectivity index is 2.08. The maximum atomic E-state index is 12.2. The SMILES string of the molecule is CC(C)NS(=O)(=O)c1cccc(CNc2ccc(C(=O)O)cn2)c1. The number of carboxylic acid groups (broad SMARTS) is 1. The fourth-order valence-electron chi connectivity index (χ4n) is 2.02. The summed E-state index contributed by atoms with van der Waals surface area (Å²) in [6.07, 6.45) is 1.26. The number of aromatic nitrogens is 1. The van der Waals surface area contributed by atoms with Crippen LogP contribution in [0, 0.1) is 0 Å². The van der Waals surface area contributed by atoms with Crippen molar-refractivity contribution < 1.29 is 18.3 Å². The van der Waals surface area contributed by atoms with Gasteiger partial charge in [0.05, 0.1) is 10.5 Å². The highest BCUT2D eigenvalue weighted by atomic mass is 32.2. The van der Waals surface area contributed by atoms with Crippen LogP contribution in [0.3, 0.4) is 0 Å². The number of carboxylic acids is 1. The number of aromatic carboxylic acids is 1. The third kappa shape index (κ3) is 4.77. The van der Waals surface area contributed by atoms with Crippen molar-refractivity contribution in [3.05, 3.63) is 53.7 Å². The summed E-state index contributed by atoms with van der Waals surface area (Å²) >= 11 is 0. The van der Waals surface area contributed by atoms with Gasteiger partial charge in [0.15, 0.2) is 0 Å². The van der Waals surface area contributed by atoms with Gasteiger partial charge in [-0.05, 0) is 43.7 Å². The minimum Gasteiger partial charge on any atom is -0.478 e. The molecule has 8 heteroatoms. The Hall–Kier alpha value is -2.45. The second-order valence-electron chi connectivity index (χ2n) is 5.51. The Bertz CT molecular complexity index is 817. The van der Waals surface area contributed by atoms with Crippen molar-refractivity contribution in [2.75, 3.05) is 5.32 Å². The molecule has 0 aliphatic heterocycles. The lowest BCUT2D eigenvalue weighted by Gasteiger charge is -2.11. The minimum atomic E-state index is -3.54. The first-order chi connectivity index (χ1) is 11.3. The summed E-state index contributed by atoms with van der Waals surface area (Å²) in [4.78, 5) is 15.0. The quantitative estimate of drug-likeness (QED) is 0.706. The van der Waals surface area contributed by atoms with Crippen LogP contribution in [0.1, 0.15) is 29.8 Å². The van der Waals surface area contributed by atoms with Gasteiger partial charge in [0.1, 0.15) is 5.82 Å². The van der Waals surface area contributed by atoms with Crippen LogP contribution in [-0.4, -0.2) is 30.5 Å². The molecular weight excluding hydrogens is 330 g/mol. The van der Waals surface area contributed by atoms with E-state index < -0.39 is 16.0 Å². The summed E-state index contributed by atoms with van der Waals surface area (Å²) in [5, 5.41) is 11.9. The average Bonchev–Trinajstić information content (AvgIpc) is 2.52. The lowest BCUT2D eigenvalue weighted by atomic mass is 10.2. The van der Waals surface area contributed by atoms with E-state index in [1.807, 2.05) is 0 Å². The largest absolute Gasteiger partial charge is 0.478 e. The van der Waals surface area contributed by atoms with Crippen LogP contribution in [0.5, 0.6) is 0 Å². The Labute approximate surface area is 140 Å². The Morgan fingerprint density at radius 1 is 1.25 bits per heavy atom. The zero-order chi connectivity index (χ0) is 17.7. The first-order valence-corrected chi connectivity index (χ1v) is 8.81. The number of anilines is 1. The van der Waals surface area contributed by atoms with Crippen molar-refractivity contribution in [3.8, 4) is 0 Å². The summed E-state index contributed by atoms with van der Waals surface area (Å²) in [7, 11) is -3.54. The molecule has 0 atom stereocenters. The van der Waals surface area contributed by atoms with E-state index in [1.165, 1.54) is 18.3 Å². The van der Waals surface area contributed by atoms with Crippen LogP contribution in [-0.2, 0) is 16.6 Å². The maximum absolute atomic E-state index is 12.2. The van der Waals surface area contributed by atoms with Gasteiger partial charge in [-0.3, -0.25) is 0 Å². The molecular formula is C16H19N3O4S. The van der Waals surface area contributed by atoms with Gasteiger partial charge in [-0.15, -0.1) is 0 Å². The molecule has 0 spiro atoms. The summed E-state index contributed by atoms with van der Waals surface area (Å²) in [5.41, 5.74) is 0.874. The molecule has 0 amide bonds. The maximum Gasteiger partial charge on any atom is 0.337 e. The van der Waals surface area contributed by atoms with E-state index in [4.69, 9.17) is 5.11 Å². The van der Waals surface area contributed by atoms with Gasteiger partial charge in [0, 0.05) is 18.8 Å². The molecule has 1 aromatic carbocycles. The first-order valence-electron chi connectivity index (χ1n) is 7.32. The highest BCUT2D eigenvalue weighted by Gasteiger charge is 2.15. The molecule has 0 bridgehead atoms. The third-order valence-corrected chi connectivity index (χ3v) is 4.74. The zero-order valence-electron chi connectivity index (χ0n) is 13.4. The van der Waals surface area contributed by atoms with E-state index in [0.29, 0.717) is 12.4 Å². The van der Waals surface area contributed by atoms with Crippen molar-refractivity contribution in [1.82, 2.24) is 9.71 Å². The Morgan fingerprint density at radius 2 is 2.00 bits per heavy atom. The third-order valence-electron chi connectivity index (χ3n) is 3.08. The molecule has 0 fully saturated rings. The van der Waals surface area contributed by atoms with Crippen LogP contribution in [0.2, 0.25) is 0 Å². The number of pyridine rings is 1. The molecule has 3 N–H and O–H groups in total. The summed E-state index contributed by atoms with van der Waals surface area (Å²) in [6, 6.07) is 9.42. The molecule has 0 saturated carbocycles. The summed E-state index contributed by atoms with van der Waals surface area (Å²) in [5.74, 6) is -0.529. The number of nitrogens with one attached hydrogen (secondary N) is 2. The van der Waals surface area contributed by atoms with Gasteiger partial charge in [-0.2, -0.15) is 0 Å². The summed E-state index contributed by atoms with van der Waals surface area (Å²) < 4.78 is 26.9. The predicted molar refractivity (Wildman–Crippen MR) is 90.4 cm³/mol. The molecule has 0 aliphatic rings. The molecule has 0 radical (unpaired) electrons. The van der Waals surface area contributed by atoms with Crippen LogP contribution in [0.15, 0.2) is 47.5 Å². The van der Waals surface area contributed by atoms with Crippen molar-refractivity contribution in [1.29, 1.82) is 0 Å². The van der Waals surface area contributed by atoms with Crippen LogP contribution in [0.25, 0.3) is 0 Å². The highest BCUT2D eigenvalue weighted by molar-refractivity contribution is 7.89. The fraction of sp³-hybridized carbons (Fsp3) is 0.250. The van der Waals surface area contributed by atoms with Crippen LogP contribution in [0.4, 0.5) is 5.82 Å². The second kappa shape index (κ2) is 7.41. The first kappa shape index (κ1) is 17.9. The van der Waals surface area contributed by atoms with Crippen molar-refractivity contribution in [2.45, 2.75) is 31.3 Å². The van der Waals surface area contributed by atoms with Crippen LogP contribution >= 0.6 is 0 Å². The molecule has 0 aliphatic carbocycles. The molecule has 128 valence electrons. The monoisotopic (exact) mass is 349 g/mol. The normalized spacial score (nSPS) is 11.5. The van der Waals surface area contributed by atoms with Gasteiger partial charge in [0.25, 0.3) is 0 Å². The van der Waals surface area contributed by atoms with Crippen molar-refractivity contribution in [3.63, 3.8) is 0 Å². The number of nitrogens with zero attached hydrogens (tertiary/aromatic N) is 1. The second-order valence-corrected chi connectivity index (χ2v) is 7.23. The lowest BCUT2D eigenvalue weighted by Crippen LogP contribution is -2.30. The van der Waals surface area contributed by atoms with Crippen molar-refractivity contribution in [2.24, 2.45) is 0 Å². The Kier molecular flexibility index (Phi) is 5.53.